The molecule has 134 valence electrons. The molecular formula is C23H19ClN2O. The molecule has 1 aromatic heterocycles. The van der Waals surface area contributed by atoms with Gasteiger partial charge in [-0.1, -0.05) is 48.0 Å². The van der Waals surface area contributed by atoms with Crippen LogP contribution in [0.25, 0.3) is 10.9 Å². The van der Waals surface area contributed by atoms with Crippen molar-refractivity contribution in [2.24, 2.45) is 0 Å². The van der Waals surface area contributed by atoms with Crippen molar-refractivity contribution >= 4 is 34.0 Å². The molecule has 3 aromatic carbocycles. The molecule has 1 heterocycles. The average molecular weight is 375 g/mol. The van der Waals surface area contributed by atoms with Gasteiger partial charge < -0.3 is 10.1 Å². The van der Waals surface area contributed by atoms with Crippen LogP contribution in [0.4, 0.5) is 11.5 Å². The van der Waals surface area contributed by atoms with E-state index in [4.69, 9.17) is 16.3 Å². The van der Waals surface area contributed by atoms with Crippen LogP contribution in [0.1, 0.15) is 11.1 Å². The number of rotatable bonds is 5. The van der Waals surface area contributed by atoms with E-state index in [9.17, 15) is 0 Å². The predicted octanol–water partition coefficient (Wildman–Crippen LogP) is 6.52. The number of aromatic nitrogens is 1. The molecule has 0 aliphatic heterocycles. The van der Waals surface area contributed by atoms with Crippen LogP contribution >= 0.6 is 11.6 Å². The van der Waals surface area contributed by atoms with E-state index in [0.717, 1.165) is 28.3 Å². The number of ether oxygens (including phenoxy) is 1. The normalized spacial score (nSPS) is 10.7. The first-order chi connectivity index (χ1) is 13.2. The smallest absolute Gasteiger partial charge is 0.131 e. The van der Waals surface area contributed by atoms with Crippen LogP contribution in [-0.4, -0.2) is 4.98 Å². The minimum atomic E-state index is 0.442. The fraction of sp³-hybridized carbons (Fsp3) is 0.0870. The van der Waals surface area contributed by atoms with Crippen LogP contribution in [-0.2, 0) is 6.61 Å². The zero-order valence-corrected chi connectivity index (χ0v) is 15.7. The molecule has 4 heteroatoms. The second-order valence-electron chi connectivity index (χ2n) is 6.37. The number of aryl methyl sites for hydroxylation is 1. The quantitative estimate of drug-likeness (QED) is 0.431. The minimum Gasteiger partial charge on any atom is -0.489 e. The highest BCUT2D eigenvalue weighted by molar-refractivity contribution is 6.31. The summed E-state index contributed by atoms with van der Waals surface area (Å²) in [5.41, 5.74) is 4.11. The van der Waals surface area contributed by atoms with Crippen LogP contribution < -0.4 is 10.1 Å². The Kier molecular flexibility index (Phi) is 4.95. The van der Waals surface area contributed by atoms with Gasteiger partial charge in [-0.25, -0.2) is 4.98 Å². The van der Waals surface area contributed by atoms with E-state index < -0.39 is 0 Å². The first kappa shape index (κ1) is 17.4. The van der Waals surface area contributed by atoms with E-state index in [0.29, 0.717) is 11.6 Å². The average Bonchev–Trinajstić information content (AvgIpc) is 2.69. The summed E-state index contributed by atoms with van der Waals surface area (Å²) in [7, 11) is 0. The number of pyridine rings is 1. The third kappa shape index (κ3) is 4.04. The van der Waals surface area contributed by atoms with Crippen LogP contribution in [0.2, 0.25) is 5.02 Å². The Balaban J connectivity index is 1.46. The molecule has 4 rings (SSSR count). The van der Waals surface area contributed by atoms with E-state index in [1.54, 1.807) is 0 Å². The lowest BCUT2D eigenvalue weighted by molar-refractivity contribution is 0.306. The number of hydrogen-bond acceptors (Lipinski definition) is 3. The molecule has 0 saturated heterocycles. The lowest BCUT2D eigenvalue weighted by atomic mass is 10.1. The zero-order valence-electron chi connectivity index (χ0n) is 14.9. The zero-order chi connectivity index (χ0) is 18.6. The second kappa shape index (κ2) is 7.68. The van der Waals surface area contributed by atoms with Crippen molar-refractivity contribution in [2.45, 2.75) is 13.5 Å². The third-order valence-electron chi connectivity index (χ3n) is 4.40. The maximum atomic E-state index is 6.16. The first-order valence-electron chi connectivity index (χ1n) is 8.79. The van der Waals surface area contributed by atoms with Crippen molar-refractivity contribution in [1.82, 2.24) is 4.98 Å². The van der Waals surface area contributed by atoms with Crippen molar-refractivity contribution in [3.05, 3.63) is 95.0 Å². The molecule has 0 radical (unpaired) electrons. The summed E-state index contributed by atoms with van der Waals surface area (Å²) in [6.45, 7) is 2.54. The number of fused-ring (bicyclic) bond motifs is 1. The maximum Gasteiger partial charge on any atom is 0.131 e. The van der Waals surface area contributed by atoms with Crippen molar-refractivity contribution in [1.29, 1.82) is 0 Å². The Labute approximate surface area is 163 Å². The molecular weight excluding hydrogens is 356 g/mol. The van der Waals surface area contributed by atoms with Gasteiger partial charge in [0.05, 0.1) is 5.52 Å². The Morgan fingerprint density at radius 3 is 2.48 bits per heavy atom. The standard InChI is InChI=1S/C23H19ClN2O/c1-16-14-23(26-22-9-5-3-7-20(16)22)25-18-10-12-19(13-11-18)27-15-17-6-2-4-8-21(17)24/h2-14H,15H2,1H3,(H,25,26). The van der Waals surface area contributed by atoms with Gasteiger partial charge in [-0.05, 0) is 55.0 Å². The van der Waals surface area contributed by atoms with Gasteiger partial charge in [-0.2, -0.15) is 0 Å². The lowest BCUT2D eigenvalue weighted by Crippen LogP contribution is -1.97. The van der Waals surface area contributed by atoms with Crippen LogP contribution in [0.5, 0.6) is 5.75 Å². The van der Waals surface area contributed by atoms with Crippen molar-refractivity contribution in [2.75, 3.05) is 5.32 Å². The molecule has 3 nitrogen and oxygen atoms in total. The topological polar surface area (TPSA) is 34.1 Å². The number of anilines is 2. The molecule has 0 aliphatic carbocycles. The molecule has 0 spiro atoms. The summed E-state index contributed by atoms with van der Waals surface area (Å²) in [6.07, 6.45) is 0. The van der Waals surface area contributed by atoms with Gasteiger partial charge >= 0.3 is 0 Å². The number of halogens is 1. The Morgan fingerprint density at radius 2 is 1.67 bits per heavy atom. The van der Waals surface area contributed by atoms with E-state index in [2.05, 4.69) is 29.4 Å². The van der Waals surface area contributed by atoms with E-state index in [-0.39, 0.29) is 0 Å². The SMILES string of the molecule is Cc1cc(Nc2ccc(OCc3ccccc3Cl)cc2)nc2ccccc12. The van der Waals surface area contributed by atoms with E-state index >= 15 is 0 Å². The number of para-hydroxylation sites is 1. The van der Waals surface area contributed by atoms with Crippen LogP contribution in [0, 0.1) is 6.92 Å². The highest BCUT2D eigenvalue weighted by Gasteiger charge is 2.04. The molecule has 0 amide bonds. The highest BCUT2D eigenvalue weighted by atomic mass is 35.5. The fourth-order valence-corrected chi connectivity index (χ4v) is 3.16. The predicted molar refractivity (Wildman–Crippen MR) is 112 cm³/mol. The summed E-state index contributed by atoms with van der Waals surface area (Å²) >= 11 is 6.16. The lowest BCUT2D eigenvalue weighted by Gasteiger charge is -2.11. The molecule has 0 unspecified atom stereocenters. The number of nitrogens with one attached hydrogen (secondary N) is 1. The van der Waals surface area contributed by atoms with Crippen molar-refractivity contribution in [3.8, 4) is 5.75 Å². The third-order valence-corrected chi connectivity index (χ3v) is 4.77. The molecule has 0 fully saturated rings. The summed E-state index contributed by atoms with van der Waals surface area (Å²) in [4.78, 5) is 4.68. The van der Waals surface area contributed by atoms with Gasteiger partial charge in [0.2, 0.25) is 0 Å². The molecule has 0 atom stereocenters. The minimum absolute atomic E-state index is 0.442. The number of hydrogen-bond donors (Lipinski definition) is 1. The largest absolute Gasteiger partial charge is 0.489 e. The number of nitrogens with zero attached hydrogens (tertiary/aromatic N) is 1. The second-order valence-corrected chi connectivity index (χ2v) is 6.78. The summed E-state index contributed by atoms with van der Waals surface area (Å²) in [5, 5.41) is 5.25. The number of benzene rings is 3. The van der Waals surface area contributed by atoms with E-state index in [1.165, 1.54) is 10.9 Å². The summed E-state index contributed by atoms with van der Waals surface area (Å²) in [6, 6.07) is 25.7. The highest BCUT2D eigenvalue weighted by Crippen LogP contribution is 2.24. The maximum absolute atomic E-state index is 6.16. The van der Waals surface area contributed by atoms with Crippen LogP contribution in [0.15, 0.2) is 78.9 Å². The van der Waals surface area contributed by atoms with Crippen LogP contribution in [0.3, 0.4) is 0 Å². The molecule has 0 bridgehead atoms. The summed E-state index contributed by atoms with van der Waals surface area (Å²) < 4.78 is 5.83. The monoisotopic (exact) mass is 374 g/mol. The van der Waals surface area contributed by atoms with Gasteiger partial charge in [0.15, 0.2) is 0 Å². The van der Waals surface area contributed by atoms with Gasteiger partial charge in [0.1, 0.15) is 18.2 Å². The van der Waals surface area contributed by atoms with Gasteiger partial charge in [-0.3, -0.25) is 0 Å². The molecule has 4 aromatic rings. The Hall–Kier alpha value is -3.04. The molecule has 27 heavy (non-hydrogen) atoms. The van der Waals surface area contributed by atoms with Gasteiger partial charge in [0, 0.05) is 21.7 Å². The Bertz CT molecular complexity index is 1080. The summed E-state index contributed by atoms with van der Waals surface area (Å²) in [5.74, 6) is 1.62. The Morgan fingerprint density at radius 1 is 0.926 bits per heavy atom. The fourth-order valence-electron chi connectivity index (χ4n) is 2.97. The molecule has 0 aliphatic rings. The molecule has 0 saturated carbocycles. The van der Waals surface area contributed by atoms with E-state index in [1.807, 2.05) is 66.7 Å². The molecule has 1 N–H and O–H groups in total. The first-order valence-corrected chi connectivity index (χ1v) is 9.16. The van der Waals surface area contributed by atoms with Crippen molar-refractivity contribution in [3.63, 3.8) is 0 Å². The van der Waals surface area contributed by atoms with Gasteiger partial charge in [0.25, 0.3) is 0 Å². The van der Waals surface area contributed by atoms with Gasteiger partial charge in [-0.15, -0.1) is 0 Å². The van der Waals surface area contributed by atoms with Crippen molar-refractivity contribution < 1.29 is 4.74 Å².